The molecule has 2 aromatic rings. The fourth-order valence-electron chi connectivity index (χ4n) is 2.75. The number of nitrogens with one attached hydrogen (secondary N) is 1. The third-order valence-electron chi connectivity index (χ3n) is 4.14. The van der Waals surface area contributed by atoms with Gasteiger partial charge < -0.3 is 14.8 Å². The highest BCUT2D eigenvalue weighted by atomic mass is 79.9. The third-order valence-corrected chi connectivity index (χ3v) is 4.63. The first kappa shape index (κ1) is 21.5. The van der Waals surface area contributed by atoms with Gasteiger partial charge in [-0.3, -0.25) is 9.69 Å². The Kier molecular flexibility index (Phi) is 6.83. The van der Waals surface area contributed by atoms with Crippen LogP contribution in [0.1, 0.15) is 18.1 Å². The largest absolute Gasteiger partial charge is 0.481 e. The van der Waals surface area contributed by atoms with E-state index in [-0.39, 0.29) is 25.5 Å². The molecular formula is C21H18BrFN2O5. The molecule has 7 nitrogen and oxygen atoms in total. The first-order valence-corrected chi connectivity index (χ1v) is 9.83. The van der Waals surface area contributed by atoms with E-state index in [0.717, 1.165) is 9.37 Å². The standard InChI is InChI=1S/C21H18BrFN2O5/c1-2-29-19(26)12-30-18-8-5-15(22)9-14(18)10-17-20(27)25(21(28)24-17)11-13-3-6-16(23)7-4-13/h3-10H,2,11-12H2,1H3,(H,24,28)/b17-10+. The minimum atomic E-state index is -0.584. The number of esters is 1. The summed E-state index contributed by atoms with van der Waals surface area (Å²) in [5.74, 6) is -1.10. The van der Waals surface area contributed by atoms with E-state index < -0.39 is 23.7 Å². The number of halogens is 2. The number of carbonyl (C=O) groups is 3. The van der Waals surface area contributed by atoms with Crippen LogP contribution in [0.25, 0.3) is 6.08 Å². The normalized spacial score (nSPS) is 14.8. The highest BCUT2D eigenvalue weighted by molar-refractivity contribution is 9.10. The van der Waals surface area contributed by atoms with Crippen molar-refractivity contribution in [3.63, 3.8) is 0 Å². The van der Waals surface area contributed by atoms with Crippen LogP contribution in [-0.4, -0.2) is 36.0 Å². The van der Waals surface area contributed by atoms with Crippen LogP contribution in [0.3, 0.4) is 0 Å². The van der Waals surface area contributed by atoms with E-state index in [4.69, 9.17) is 9.47 Å². The van der Waals surface area contributed by atoms with Crippen molar-refractivity contribution in [3.8, 4) is 5.75 Å². The number of nitrogens with zero attached hydrogens (tertiary/aromatic N) is 1. The second kappa shape index (κ2) is 9.53. The summed E-state index contributed by atoms with van der Waals surface area (Å²) in [5, 5.41) is 2.53. The molecular weight excluding hydrogens is 459 g/mol. The molecule has 156 valence electrons. The van der Waals surface area contributed by atoms with Crippen molar-refractivity contribution in [2.75, 3.05) is 13.2 Å². The Morgan fingerprint density at radius 2 is 1.93 bits per heavy atom. The molecule has 1 saturated heterocycles. The lowest BCUT2D eigenvalue weighted by Crippen LogP contribution is -2.30. The van der Waals surface area contributed by atoms with E-state index in [2.05, 4.69) is 21.2 Å². The predicted octanol–water partition coefficient (Wildman–Crippen LogP) is 3.62. The zero-order valence-electron chi connectivity index (χ0n) is 16.0. The van der Waals surface area contributed by atoms with Crippen molar-refractivity contribution in [3.05, 3.63) is 69.6 Å². The highest BCUT2D eigenvalue weighted by Gasteiger charge is 2.33. The second-order valence-electron chi connectivity index (χ2n) is 6.28. The molecule has 0 spiro atoms. The number of hydrogen-bond donors (Lipinski definition) is 1. The van der Waals surface area contributed by atoms with Gasteiger partial charge in [-0.05, 0) is 48.9 Å². The van der Waals surface area contributed by atoms with Crippen LogP contribution < -0.4 is 10.1 Å². The van der Waals surface area contributed by atoms with Gasteiger partial charge in [0, 0.05) is 10.0 Å². The molecule has 1 fully saturated rings. The molecule has 9 heteroatoms. The molecule has 0 aliphatic carbocycles. The highest BCUT2D eigenvalue weighted by Crippen LogP contribution is 2.27. The zero-order chi connectivity index (χ0) is 21.7. The lowest BCUT2D eigenvalue weighted by Gasteiger charge is -2.12. The van der Waals surface area contributed by atoms with Gasteiger partial charge in [0.2, 0.25) is 0 Å². The van der Waals surface area contributed by atoms with Crippen molar-refractivity contribution < 1.29 is 28.2 Å². The average Bonchev–Trinajstić information content (AvgIpc) is 2.96. The lowest BCUT2D eigenvalue weighted by atomic mass is 10.1. The monoisotopic (exact) mass is 476 g/mol. The van der Waals surface area contributed by atoms with Gasteiger partial charge in [0.25, 0.3) is 5.91 Å². The van der Waals surface area contributed by atoms with Crippen molar-refractivity contribution in [2.24, 2.45) is 0 Å². The van der Waals surface area contributed by atoms with Crippen LogP contribution in [0.5, 0.6) is 5.75 Å². The molecule has 0 aromatic heterocycles. The summed E-state index contributed by atoms with van der Waals surface area (Å²) in [6.45, 7) is 1.65. The number of benzene rings is 2. The molecule has 0 atom stereocenters. The molecule has 2 aromatic carbocycles. The Bertz CT molecular complexity index is 1010. The molecule has 3 rings (SSSR count). The summed E-state index contributed by atoms with van der Waals surface area (Å²) >= 11 is 3.35. The molecule has 30 heavy (non-hydrogen) atoms. The van der Waals surface area contributed by atoms with E-state index in [1.165, 1.54) is 30.3 Å². The van der Waals surface area contributed by atoms with Crippen LogP contribution in [-0.2, 0) is 20.9 Å². The van der Waals surface area contributed by atoms with Gasteiger partial charge >= 0.3 is 12.0 Å². The number of amides is 3. The zero-order valence-corrected chi connectivity index (χ0v) is 17.6. The molecule has 1 N–H and O–H groups in total. The Morgan fingerprint density at radius 3 is 2.63 bits per heavy atom. The fraction of sp³-hybridized carbons (Fsp3) is 0.190. The number of urea groups is 1. The lowest BCUT2D eigenvalue weighted by molar-refractivity contribution is -0.145. The van der Waals surface area contributed by atoms with Gasteiger partial charge in [-0.1, -0.05) is 28.1 Å². The topological polar surface area (TPSA) is 84.9 Å². The van der Waals surface area contributed by atoms with E-state index in [1.54, 1.807) is 25.1 Å². The maximum absolute atomic E-state index is 13.1. The molecule has 0 saturated carbocycles. The van der Waals surface area contributed by atoms with Crippen molar-refractivity contribution in [1.82, 2.24) is 10.2 Å². The van der Waals surface area contributed by atoms with Gasteiger partial charge in [-0.2, -0.15) is 0 Å². The summed E-state index contributed by atoms with van der Waals surface area (Å²) in [6, 6.07) is 10.00. The molecule has 1 heterocycles. The Labute approximate surface area is 180 Å². The van der Waals surface area contributed by atoms with Crippen molar-refractivity contribution in [2.45, 2.75) is 13.5 Å². The quantitative estimate of drug-likeness (QED) is 0.374. The molecule has 0 radical (unpaired) electrons. The minimum absolute atomic E-state index is 0.00693. The van der Waals surface area contributed by atoms with Gasteiger partial charge in [0.15, 0.2) is 6.61 Å². The number of hydrogen-bond acceptors (Lipinski definition) is 5. The summed E-state index contributed by atoms with van der Waals surface area (Å²) in [7, 11) is 0. The third kappa shape index (κ3) is 5.24. The van der Waals surface area contributed by atoms with E-state index in [0.29, 0.717) is 16.9 Å². The van der Waals surface area contributed by atoms with Crippen LogP contribution >= 0.6 is 15.9 Å². The summed E-state index contributed by atoms with van der Waals surface area (Å²) in [5.41, 5.74) is 1.16. The second-order valence-corrected chi connectivity index (χ2v) is 7.20. The first-order valence-electron chi connectivity index (χ1n) is 9.04. The van der Waals surface area contributed by atoms with Gasteiger partial charge in [0.05, 0.1) is 13.2 Å². The van der Waals surface area contributed by atoms with Crippen LogP contribution in [0.4, 0.5) is 9.18 Å². The van der Waals surface area contributed by atoms with Crippen LogP contribution in [0.15, 0.2) is 52.6 Å². The number of ether oxygens (including phenoxy) is 2. The summed E-state index contributed by atoms with van der Waals surface area (Å²) in [6.07, 6.45) is 1.47. The molecule has 1 aliphatic heterocycles. The Hall–Kier alpha value is -3.20. The van der Waals surface area contributed by atoms with Crippen LogP contribution in [0.2, 0.25) is 0 Å². The van der Waals surface area contributed by atoms with E-state index in [1.807, 2.05) is 0 Å². The number of rotatable bonds is 7. The summed E-state index contributed by atoms with van der Waals surface area (Å²) < 4.78 is 24.1. The SMILES string of the molecule is CCOC(=O)COc1ccc(Br)cc1/C=C1/NC(=O)N(Cc2ccc(F)cc2)C1=O. The number of imide groups is 1. The van der Waals surface area contributed by atoms with E-state index >= 15 is 0 Å². The molecule has 0 unspecified atom stereocenters. The average molecular weight is 477 g/mol. The van der Waals surface area contributed by atoms with Gasteiger partial charge in [-0.15, -0.1) is 0 Å². The fourth-order valence-corrected chi connectivity index (χ4v) is 3.12. The minimum Gasteiger partial charge on any atom is -0.481 e. The predicted molar refractivity (Wildman–Crippen MR) is 110 cm³/mol. The molecule has 3 amide bonds. The van der Waals surface area contributed by atoms with Crippen molar-refractivity contribution >= 4 is 39.9 Å². The van der Waals surface area contributed by atoms with Gasteiger partial charge in [-0.25, -0.2) is 14.0 Å². The maximum atomic E-state index is 13.1. The van der Waals surface area contributed by atoms with Crippen LogP contribution in [0, 0.1) is 5.82 Å². The Morgan fingerprint density at radius 1 is 1.20 bits per heavy atom. The summed E-state index contributed by atoms with van der Waals surface area (Å²) in [4.78, 5) is 37.6. The van der Waals surface area contributed by atoms with E-state index in [9.17, 15) is 18.8 Å². The van der Waals surface area contributed by atoms with Crippen molar-refractivity contribution in [1.29, 1.82) is 0 Å². The van der Waals surface area contributed by atoms with Gasteiger partial charge in [0.1, 0.15) is 17.3 Å². The number of carbonyl (C=O) groups excluding carboxylic acids is 3. The maximum Gasteiger partial charge on any atom is 0.344 e. The smallest absolute Gasteiger partial charge is 0.344 e. The Balaban J connectivity index is 1.80. The first-order chi connectivity index (χ1) is 14.4. The molecule has 0 bridgehead atoms. The molecule has 1 aliphatic rings.